The van der Waals surface area contributed by atoms with Crippen molar-refractivity contribution < 1.29 is 9.13 Å². The molecule has 0 radical (unpaired) electrons. The second-order valence-corrected chi connectivity index (χ2v) is 4.59. The predicted octanol–water partition coefficient (Wildman–Crippen LogP) is 4.22. The molecular weight excluding hydrogens is 308 g/mol. The monoisotopic (exact) mass is 315 g/mol. The van der Waals surface area contributed by atoms with Gasteiger partial charge in [0.1, 0.15) is 23.3 Å². The topological polar surface area (TPSA) is 22.1 Å². The van der Waals surface area contributed by atoms with Gasteiger partial charge in [0.05, 0.1) is 4.47 Å². The third-order valence-electron chi connectivity index (χ3n) is 2.08. The summed E-state index contributed by atoms with van der Waals surface area (Å²) in [6, 6.07) is 7.80. The average molecular weight is 317 g/mol. The minimum Gasteiger partial charge on any atom is -0.488 e. The lowest BCUT2D eigenvalue weighted by Gasteiger charge is -2.08. The van der Waals surface area contributed by atoms with Gasteiger partial charge in [-0.3, -0.25) is 0 Å². The molecule has 0 unspecified atom stereocenters. The normalized spacial score (nSPS) is 10.3. The van der Waals surface area contributed by atoms with Crippen LogP contribution in [-0.4, -0.2) is 4.98 Å². The first-order valence-corrected chi connectivity index (χ1v) is 6.00. The van der Waals surface area contributed by atoms with Gasteiger partial charge < -0.3 is 4.74 Å². The molecule has 88 valence electrons. The summed E-state index contributed by atoms with van der Waals surface area (Å²) in [4.78, 5) is 3.88. The SMILES string of the molecule is Fc1ccc(OCc2ccnc(Cl)c2)c(Br)c1. The zero-order chi connectivity index (χ0) is 12.3. The van der Waals surface area contributed by atoms with Crippen molar-refractivity contribution in [3.8, 4) is 5.75 Å². The molecule has 0 aliphatic heterocycles. The molecule has 0 atom stereocenters. The molecule has 0 aliphatic carbocycles. The lowest BCUT2D eigenvalue weighted by atomic mass is 10.3. The standard InChI is InChI=1S/C12H8BrClFNO/c13-10-6-9(15)1-2-11(10)17-7-8-3-4-16-12(14)5-8/h1-6H,7H2. The summed E-state index contributed by atoms with van der Waals surface area (Å²) >= 11 is 8.98. The fourth-order valence-electron chi connectivity index (χ4n) is 1.29. The Bertz CT molecular complexity index is 536. The van der Waals surface area contributed by atoms with E-state index in [1.807, 2.05) is 6.07 Å². The van der Waals surface area contributed by atoms with Crippen molar-refractivity contribution in [1.82, 2.24) is 4.98 Å². The Hall–Kier alpha value is -1.13. The van der Waals surface area contributed by atoms with Crippen molar-refractivity contribution in [2.75, 3.05) is 0 Å². The van der Waals surface area contributed by atoms with E-state index in [1.54, 1.807) is 18.3 Å². The van der Waals surface area contributed by atoms with Gasteiger partial charge in [-0.2, -0.15) is 0 Å². The fraction of sp³-hybridized carbons (Fsp3) is 0.0833. The van der Waals surface area contributed by atoms with Crippen molar-refractivity contribution in [3.63, 3.8) is 0 Å². The molecule has 5 heteroatoms. The van der Waals surface area contributed by atoms with E-state index in [-0.39, 0.29) is 5.82 Å². The maximum absolute atomic E-state index is 12.9. The zero-order valence-corrected chi connectivity index (χ0v) is 11.0. The summed E-state index contributed by atoms with van der Waals surface area (Å²) in [5, 5.41) is 0.421. The van der Waals surface area contributed by atoms with Gasteiger partial charge in [-0.25, -0.2) is 9.37 Å². The lowest BCUT2D eigenvalue weighted by molar-refractivity contribution is 0.303. The first kappa shape index (κ1) is 12.3. The highest BCUT2D eigenvalue weighted by atomic mass is 79.9. The number of aromatic nitrogens is 1. The van der Waals surface area contributed by atoms with Crippen molar-refractivity contribution >= 4 is 27.5 Å². The van der Waals surface area contributed by atoms with E-state index in [9.17, 15) is 4.39 Å². The summed E-state index contributed by atoms with van der Waals surface area (Å²) < 4.78 is 19.0. The molecule has 1 aromatic carbocycles. The summed E-state index contributed by atoms with van der Waals surface area (Å²) in [6.07, 6.45) is 1.61. The van der Waals surface area contributed by atoms with E-state index in [2.05, 4.69) is 20.9 Å². The van der Waals surface area contributed by atoms with Crippen molar-refractivity contribution in [3.05, 3.63) is 57.5 Å². The van der Waals surface area contributed by atoms with Crippen LogP contribution in [0.4, 0.5) is 4.39 Å². The van der Waals surface area contributed by atoms with Gasteiger partial charge in [-0.05, 0) is 51.8 Å². The maximum Gasteiger partial charge on any atom is 0.134 e. The molecule has 17 heavy (non-hydrogen) atoms. The Balaban J connectivity index is 2.07. The van der Waals surface area contributed by atoms with E-state index in [0.29, 0.717) is 22.0 Å². The van der Waals surface area contributed by atoms with E-state index in [4.69, 9.17) is 16.3 Å². The van der Waals surface area contributed by atoms with Crippen LogP contribution in [0.25, 0.3) is 0 Å². The molecule has 0 amide bonds. The van der Waals surface area contributed by atoms with Crippen LogP contribution in [0.5, 0.6) is 5.75 Å². The van der Waals surface area contributed by atoms with Gasteiger partial charge in [0.15, 0.2) is 0 Å². The van der Waals surface area contributed by atoms with Crippen LogP contribution < -0.4 is 4.74 Å². The number of pyridine rings is 1. The minimum absolute atomic E-state index is 0.309. The van der Waals surface area contributed by atoms with Crippen LogP contribution in [0.15, 0.2) is 41.0 Å². The molecule has 0 aliphatic rings. The lowest BCUT2D eigenvalue weighted by Crippen LogP contribution is -1.96. The first-order valence-electron chi connectivity index (χ1n) is 4.83. The molecule has 0 saturated heterocycles. The molecular formula is C12H8BrClFNO. The molecule has 0 N–H and O–H groups in total. The molecule has 1 aromatic heterocycles. The third kappa shape index (κ3) is 3.41. The number of rotatable bonds is 3. The fourth-order valence-corrected chi connectivity index (χ4v) is 1.95. The van der Waals surface area contributed by atoms with Crippen molar-refractivity contribution in [1.29, 1.82) is 0 Å². The van der Waals surface area contributed by atoms with Gasteiger partial charge in [-0.1, -0.05) is 11.6 Å². The predicted molar refractivity (Wildman–Crippen MR) is 67.7 cm³/mol. The Labute approximate surface area is 112 Å². The molecule has 1 heterocycles. The van der Waals surface area contributed by atoms with Crippen LogP contribution in [0.3, 0.4) is 0 Å². The zero-order valence-electron chi connectivity index (χ0n) is 8.66. The average Bonchev–Trinajstić information content (AvgIpc) is 2.28. The van der Waals surface area contributed by atoms with Gasteiger partial charge in [0.25, 0.3) is 0 Å². The molecule has 2 rings (SSSR count). The maximum atomic E-state index is 12.9. The van der Waals surface area contributed by atoms with Crippen LogP contribution in [0.1, 0.15) is 5.56 Å². The minimum atomic E-state index is -0.309. The summed E-state index contributed by atoms with van der Waals surface area (Å²) in [7, 11) is 0. The Kier molecular flexibility index (Phi) is 3.97. The number of halogens is 3. The highest BCUT2D eigenvalue weighted by Crippen LogP contribution is 2.26. The van der Waals surface area contributed by atoms with Crippen LogP contribution >= 0.6 is 27.5 Å². The van der Waals surface area contributed by atoms with Crippen LogP contribution in [0.2, 0.25) is 5.15 Å². The largest absolute Gasteiger partial charge is 0.488 e. The third-order valence-corrected chi connectivity index (χ3v) is 2.91. The molecule has 0 spiro atoms. The highest BCUT2D eigenvalue weighted by Gasteiger charge is 2.03. The Morgan fingerprint density at radius 2 is 2.12 bits per heavy atom. The summed E-state index contributed by atoms with van der Waals surface area (Å²) in [5.41, 5.74) is 0.904. The van der Waals surface area contributed by atoms with E-state index in [0.717, 1.165) is 5.56 Å². The Morgan fingerprint density at radius 3 is 2.82 bits per heavy atom. The quantitative estimate of drug-likeness (QED) is 0.791. The van der Waals surface area contributed by atoms with Gasteiger partial charge in [-0.15, -0.1) is 0 Å². The Morgan fingerprint density at radius 1 is 1.29 bits per heavy atom. The number of nitrogens with zero attached hydrogens (tertiary/aromatic N) is 1. The van der Waals surface area contributed by atoms with Gasteiger partial charge >= 0.3 is 0 Å². The number of ether oxygens (including phenoxy) is 1. The van der Waals surface area contributed by atoms with E-state index in [1.165, 1.54) is 12.1 Å². The second kappa shape index (κ2) is 5.47. The molecule has 0 saturated carbocycles. The second-order valence-electron chi connectivity index (χ2n) is 3.35. The molecule has 0 fully saturated rings. The number of hydrogen-bond acceptors (Lipinski definition) is 2. The van der Waals surface area contributed by atoms with Gasteiger partial charge in [0.2, 0.25) is 0 Å². The van der Waals surface area contributed by atoms with Crippen LogP contribution in [-0.2, 0) is 6.61 Å². The van der Waals surface area contributed by atoms with E-state index >= 15 is 0 Å². The summed E-state index contributed by atoms with van der Waals surface area (Å²) in [6.45, 7) is 0.354. The van der Waals surface area contributed by atoms with E-state index < -0.39 is 0 Å². The highest BCUT2D eigenvalue weighted by molar-refractivity contribution is 9.10. The number of hydrogen-bond donors (Lipinski definition) is 0. The van der Waals surface area contributed by atoms with Gasteiger partial charge in [0, 0.05) is 6.20 Å². The van der Waals surface area contributed by atoms with Crippen molar-refractivity contribution in [2.24, 2.45) is 0 Å². The van der Waals surface area contributed by atoms with Crippen molar-refractivity contribution in [2.45, 2.75) is 6.61 Å². The molecule has 2 aromatic rings. The first-order chi connectivity index (χ1) is 8.15. The smallest absolute Gasteiger partial charge is 0.134 e. The number of benzene rings is 1. The van der Waals surface area contributed by atoms with Crippen LogP contribution in [0, 0.1) is 5.82 Å². The molecule has 2 nitrogen and oxygen atoms in total. The molecule has 0 bridgehead atoms. The summed E-state index contributed by atoms with van der Waals surface area (Å²) in [5.74, 6) is 0.274.